The molecule has 4 N–H and O–H groups in total. The number of nitrogens with one attached hydrogen (secondary N) is 1. The molecule has 0 spiro atoms. The van der Waals surface area contributed by atoms with Gasteiger partial charge in [0.15, 0.2) is 0 Å². The summed E-state index contributed by atoms with van der Waals surface area (Å²) in [6.45, 7) is 4.26. The molecule has 14 heteroatoms. The highest BCUT2D eigenvalue weighted by Gasteiger charge is 2.22. The van der Waals surface area contributed by atoms with E-state index in [-0.39, 0.29) is 37.3 Å². The second-order valence-corrected chi connectivity index (χ2v) is 13.5. The Morgan fingerprint density at radius 3 is 2.47 bits per heavy atom. The summed E-state index contributed by atoms with van der Waals surface area (Å²) >= 11 is 0. The van der Waals surface area contributed by atoms with Crippen molar-refractivity contribution in [3.8, 4) is 5.75 Å². The second-order valence-electron chi connectivity index (χ2n) is 13.5. The molecule has 0 saturated carbocycles. The van der Waals surface area contributed by atoms with Gasteiger partial charge in [0.2, 0.25) is 0 Å². The summed E-state index contributed by atoms with van der Waals surface area (Å²) < 4.78 is 12.4. The Balaban J connectivity index is 0.000000557. The smallest absolute Gasteiger partial charge is 0.441 e. The maximum absolute atomic E-state index is 13.7. The maximum Gasteiger partial charge on any atom is 0.441 e. The van der Waals surface area contributed by atoms with Gasteiger partial charge in [-0.2, -0.15) is 4.99 Å². The molecule has 0 saturated heterocycles. The quantitative estimate of drug-likeness (QED) is 0.0681. The summed E-state index contributed by atoms with van der Waals surface area (Å²) in [7, 11) is 1.91. The number of hydrogen-bond donors (Lipinski definition) is 3. The van der Waals surface area contributed by atoms with Crippen LogP contribution in [-0.4, -0.2) is 61.6 Å². The maximum atomic E-state index is 13.7. The highest BCUT2D eigenvalue weighted by Crippen LogP contribution is 2.26. The molecule has 14 nitrogen and oxygen atoms in total. The molecule has 1 unspecified atom stereocenters. The van der Waals surface area contributed by atoms with E-state index in [0.29, 0.717) is 34.8 Å². The third-order valence-electron chi connectivity index (χ3n) is 9.52. The van der Waals surface area contributed by atoms with Crippen LogP contribution in [-0.2, 0) is 36.0 Å². The van der Waals surface area contributed by atoms with E-state index in [2.05, 4.69) is 20.3 Å². The van der Waals surface area contributed by atoms with Gasteiger partial charge in [-0.3, -0.25) is 19.5 Å². The number of aliphatic hydroxyl groups excluding tert-OH is 1. The number of aryl methyl sites for hydroxylation is 3. The van der Waals surface area contributed by atoms with Gasteiger partial charge in [0, 0.05) is 49.0 Å². The lowest BCUT2D eigenvalue weighted by Gasteiger charge is -2.21. The van der Waals surface area contributed by atoms with Crippen LogP contribution in [0.15, 0.2) is 115 Å². The van der Waals surface area contributed by atoms with Crippen molar-refractivity contribution in [3.63, 3.8) is 0 Å². The van der Waals surface area contributed by atoms with Crippen LogP contribution in [0.5, 0.6) is 5.75 Å². The van der Waals surface area contributed by atoms with Crippen LogP contribution in [0, 0.1) is 0 Å². The van der Waals surface area contributed by atoms with Gasteiger partial charge in [0.25, 0.3) is 5.91 Å². The van der Waals surface area contributed by atoms with Crippen molar-refractivity contribution in [2.45, 2.75) is 52.2 Å². The number of esters is 1. The van der Waals surface area contributed by atoms with Gasteiger partial charge >= 0.3 is 12.1 Å². The summed E-state index contributed by atoms with van der Waals surface area (Å²) in [5.74, 6) is 1.03. The minimum Gasteiger partial charge on any atom is -0.466 e. The number of benzene rings is 3. The third kappa shape index (κ3) is 10.5. The van der Waals surface area contributed by atoms with Crippen molar-refractivity contribution in [1.82, 2.24) is 19.5 Å². The van der Waals surface area contributed by atoms with Crippen LogP contribution in [0.2, 0.25) is 0 Å². The molecule has 2 amide bonds. The fourth-order valence-corrected chi connectivity index (χ4v) is 6.43. The number of hydrogen-bond acceptors (Lipinski definition) is 10. The van der Waals surface area contributed by atoms with Crippen LogP contribution in [0.4, 0.5) is 16.3 Å². The summed E-state index contributed by atoms with van der Waals surface area (Å²) in [5, 5.41) is 12.3. The minimum absolute atomic E-state index is 0.0420. The van der Waals surface area contributed by atoms with Crippen molar-refractivity contribution in [1.29, 1.82) is 0 Å². The summed E-state index contributed by atoms with van der Waals surface area (Å²) in [4.78, 5) is 56.5. The molecular weight excluding hydrogens is 737 g/mol. The standard InChI is InChI=1S/C37H37N7O5.C7H9NO/c1-3-48-34(45)18-20-44(32-9-4-5-19-39-32)36(46)27-13-17-31-30(22-27)41-33(43(31)2)23-40-28-14-10-25(11-15-28)35(38)42-37(47)49-29-16-12-24-7-6-8-26(24)21-29;1-6(9)7-3-2-4-8-5-7/h4-5,9-17,19,21-22,40H,3,6-8,18,20,23H2,1-2H3,(H2,38,42,47);2-6,9H,1H3. The number of amides is 2. The zero-order valence-electron chi connectivity index (χ0n) is 32.7. The number of nitrogens with zero attached hydrogens (tertiary/aromatic N) is 6. The molecule has 0 fully saturated rings. The number of ether oxygens (including phenoxy) is 2. The summed E-state index contributed by atoms with van der Waals surface area (Å²) in [6.07, 6.45) is 6.96. The first-order valence-corrected chi connectivity index (χ1v) is 19.0. The number of amidine groups is 1. The molecule has 298 valence electrons. The van der Waals surface area contributed by atoms with E-state index in [1.165, 1.54) is 16.0 Å². The third-order valence-corrected chi connectivity index (χ3v) is 9.52. The molecule has 6 aromatic rings. The fraction of sp³-hybridized carbons (Fsp3) is 0.250. The van der Waals surface area contributed by atoms with Crippen LogP contribution >= 0.6 is 0 Å². The van der Waals surface area contributed by atoms with E-state index < -0.39 is 12.2 Å². The zero-order valence-corrected chi connectivity index (χ0v) is 32.7. The topological polar surface area (TPSA) is 187 Å². The Hall–Kier alpha value is -6.93. The number of anilines is 2. The lowest BCUT2D eigenvalue weighted by atomic mass is 10.1. The molecule has 58 heavy (non-hydrogen) atoms. The molecule has 1 atom stereocenters. The average Bonchev–Trinajstić information content (AvgIpc) is 3.84. The molecule has 7 rings (SSSR count). The fourth-order valence-electron chi connectivity index (χ4n) is 6.43. The Morgan fingerprint density at radius 2 is 1.76 bits per heavy atom. The first kappa shape index (κ1) is 40.7. The first-order chi connectivity index (χ1) is 28.1. The molecule has 0 bridgehead atoms. The lowest BCUT2D eigenvalue weighted by molar-refractivity contribution is -0.142. The van der Waals surface area contributed by atoms with Crippen molar-refractivity contribution in [3.05, 3.63) is 143 Å². The average molecular weight is 783 g/mol. The van der Waals surface area contributed by atoms with Crippen LogP contribution in [0.3, 0.4) is 0 Å². The van der Waals surface area contributed by atoms with E-state index in [1.54, 1.807) is 81.0 Å². The van der Waals surface area contributed by atoms with Crippen LogP contribution < -0.4 is 20.7 Å². The van der Waals surface area contributed by atoms with Gasteiger partial charge in [0.05, 0.1) is 36.7 Å². The number of aliphatic hydroxyl groups is 1. The van der Waals surface area contributed by atoms with Gasteiger partial charge in [-0.1, -0.05) is 18.2 Å². The van der Waals surface area contributed by atoms with Gasteiger partial charge in [-0.05, 0) is 123 Å². The number of carbonyl (C=O) groups is 3. The molecule has 3 aromatic heterocycles. The number of fused-ring (bicyclic) bond motifs is 2. The second kappa shape index (κ2) is 19.3. The lowest BCUT2D eigenvalue weighted by Crippen LogP contribution is -2.34. The monoisotopic (exact) mass is 782 g/mol. The largest absolute Gasteiger partial charge is 0.466 e. The van der Waals surface area contributed by atoms with E-state index in [9.17, 15) is 14.4 Å². The van der Waals surface area contributed by atoms with Gasteiger partial charge in [-0.25, -0.2) is 14.8 Å². The number of nitrogens with two attached hydrogens (primary N) is 1. The number of imidazole rings is 1. The highest BCUT2D eigenvalue weighted by atomic mass is 16.5. The van der Waals surface area contributed by atoms with Crippen LogP contribution in [0.1, 0.15) is 71.2 Å². The molecule has 3 aromatic carbocycles. The molecule has 0 aliphatic heterocycles. The van der Waals surface area contributed by atoms with Crippen molar-refractivity contribution < 1.29 is 29.0 Å². The van der Waals surface area contributed by atoms with Crippen molar-refractivity contribution >= 4 is 46.3 Å². The Bertz CT molecular complexity index is 2380. The summed E-state index contributed by atoms with van der Waals surface area (Å²) in [6, 6.07) is 27.2. The van der Waals surface area contributed by atoms with E-state index in [4.69, 9.17) is 25.3 Å². The molecular formula is C44H46N8O6. The minimum atomic E-state index is -0.773. The Labute approximate surface area is 336 Å². The molecule has 0 radical (unpaired) electrons. The van der Waals surface area contributed by atoms with Gasteiger partial charge in [-0.15, -0.1) is 0 Å². The number of aromatic nitrogens is 4. The molecule has 3 heterocycles. The normalized spacial score (nSPS) is 12.5. The number of carbonyl (C=O) groups excluding carboxylic acids is 3. The van der Waals surface area contributed by atoms with Gasteiger partial charge < -0.3 is 30.2 Å². The first-order valence-electron chi connectivity index (χ1n) is 19.0. The van der Waals surface area contributed by atoms with E-state index in [0.717, 1.165) is 41.9 Å². The van der Waals surface area contributed by atoms with Crippen molar-refractivity contribution in [2.75, 3.05) is 23.4 Å². The van der Waals surface area contributed by atoms with Crippen LogP contribution in [0.25, 0.3) is 11.0 Å². The Kier molecular flexibility index (Phi) is 13.5. The molecule has 1 aliphatic carbocycles. The Morgan fingerprint density at radius 1 is 0.966 bits per heavy atom. The number of rotatable bonds is 12. The van der Waals surface area contributed by atoms with Gasteiger partial charge in [0.1, 0.15) is 23.2 Å². The van der Waals surface area contributed by atoms with E-state index in [1.807, 2.05) is 54.1 Å². The zero-order chi connectivity index (χ0) is 41.0. The highest BCUT2D eigenvalue weighted by molar-refractivity contribution is 6.07. The summed E-state index contributed by atoms with van der Waals surface area (Å²) in [5.41, 5.74) is 12.8. The van der Waals surface area contributed by atoms with Crippen molar-refractivity contribution in [2.24, 2.45) is 17.8 Å². The predicted octanol–water partition coefficient (Wildman–Crippen LogP) is 6.71. The SMILES string of the molecule is CC(O)c1cccnc1.CCOC(=O)CCN(C(=O)c1ccc2c(c1)nc(CNc1ccc(/C(N)=N\C(=O)Oc3ccc4c(c3)CCC4)cc1)n2C)c1ccccn1. The van der Waals surface area contributed by atoms with E-state index >= 15 is 0 Å². The predicted molar refractivity (Wildman–Crippen MR) is 222 cm³/mol. The number of pyridine rings is 2. The molecule has 1 aliphatic rings. The number of aliphatic imine (C=N–C) groups is 1.